The molecule has 0 saturated carbocycles. The fourth-order valence-electron chi connectivity index (χ4n) is 2.08. The predicted molar refractivity (Wildman–Crippen MR) is 70.6 cm³/mol. The van der Waals surface area contributed by atoms with Gasteiger partial charge in [-0.2, -0.15) is 0 Å². The molecular weight excluding hydrogens is 224 g/mol. The molecule has 0 fully saturated rings. The Labute approximate surface area is 104 Å². The van der Waals surface area contributed by atoms with Crippen molar-refractivity contribution >= 4 is 16.7 Å². The topological polar surface area (TPSA) is 45.8 Å². The van der Waals surface area contributed by atoms with Gasteiger partial charge in [0.2, 0.25) is 0 Å². The number of Topliss-reactive ketones (excluding diaryl/α,β-unsaturated/α-hetero) is 1. The number of H-pyrrole nitrogens is 1. The van der Waals surface area contributed by atoms with Crippen molar-refractivity contribution in [3.63, 3.8) is 0 Å². The maximum absolute atomic E-state index is 12.2. The van der Waals surface area contributed by atoms with Crippen molar-refractivity contribution in [2.45, 2.75) is 6.42 Å². The van der Waals surface area contributed by atoms with E-state index in [-0.39, 0.29) is 5.78 Å². The first kappa shape index (κ1) is 10.7. The van der Waals surface area contributed by atoms with Gasteiger partial charge in [0.1, 0.15) is 0 Å². The van der Waals surface area contributed by atoms with E-state index in [0.717, 1.165) is 22.0 Å². The van der Waals surface area contributed by atoms with Crippen LogP contribution in [0.4, 0.5) is 0 Å². The number of hydrogen-bond acceptors (Lipinski definition) is 2. The number of rotatable bonds is 3. The van der Waals surface area contributed by atoms with Crippen LogP contribution in [-0.2, 0) is 6.42 Å². The van der Waals surface area contributed by atoms with Crippen molar-refractivity contribution in [3.8, 4) is 0 Å². The molecule has 0 amide bonds. The lowest BCUT2D eigenvalue weighted by atomic mass is 10.0. The van der Waals surface area contributed by atoms with Crippen LogP contribution in [-0.4, -0.2) is 15.8 Å². The van der Waals surface area contributed by atoms with Crippen molar-refractivity contribution < 1.29 is 4.79 Å². The summed E-state index contributed by atoms with van der Waals surface area (Å²) < 4.78 is 0. The van der Waals surface area contributed by atoms with Crippen LogP contribution >= 0.6 is 0 Å². The number of nitrogens with zero attached hydrogens (tertiary/aromatic N) is 1. The zero-order valence-electron chi connectivity index (χ0n) is 9.76. The molecule has 0 bridgehead atoms. The zero-order chi connectivity index (χ0) is 12.4. The average Bonchev–Trinajstić information content (AvgIpc) is 2.84. The molecule has 88 valence electrons. The van der Waals surface area contributed by atoms with Gasteiger partial charge in [-0.3, -0.25) is 9.78 Å². The minimum Gasteiger partial charge on any atom is -0.359 e. The Kier molecular flexibility index (Phi) is 2.65. The van der Waals surface area contributed by atoms with Gasteiger partial charge in [0.15, 0.2) is 5.78 Å². The Morgan fingerprint density at radius 3 is 2.83 bits per heavy atom. The molecule has 1 aromatic carbocycles. The second-order valence-electron chi connectivity index (χ2n) is 4.21. The summed E-state index contributed by atoms with van der Waals surface area (Å²) in [4.78, 5) is 19.3. The Morgan fingerprint density at radius 1 is 1.17 bits per heavy atom. The number of aromatic nitrogens is 2. The molecule has 3 nitrogen and oxygen atoms in total. The Hall–Kier alpha value is -2.42. The van der Waals surface area contributed by atoms with E-state index in [0.29, 0.717) is 6.42 Å². The van der Waals surface area contributed by atoms with Gasteiger partial charge in [0.25, 0.3) is 0 Å². The minimum absolute atomic E-state index is 0.124. The first-order valence-electron chi connectivity index (χ1n) is 5.83. The third-order valence-electron chi connectivity index (χ3n) is 2.99. The number of fused-ring (bicyclic) bond motifs is 1. The molecule has 0 unspecified atom stereocenters. The molecule has 2 aromatic heterocycles. The van der Waals surface area contributed by atoms with Crippen molar-refractivity contribution in [2.75, 3.05) is 0 Å². The van der Waals surface area contributed by atoms with Crippen molar-refractivity contribution in [1.29, 1.82) is 0 Å². The van der Waals surface area contributed by atoms with Gasteiger partial charge < -0.3 is 4.98 Å². The molecule has 3 heteroatoms. The second-order valence-corrected chi connectivity index (χ2v) is 4.21. The molecule has 3 aromatic rings. The van der Waals surface area contributed by atoms with Crippen LogP contribution in [0, 0.1) is 0 Å². The van der Waals surface area contributed by atoms with E-state index in [9.17, 15) is 4.79 Å². The number of carbonyl (C=O) groups excluding carboxylic acids is 1. The Balaban J connectivity index is 1.93. The van der Waals surface area contributed by atoms with Gasteiger partial charge in [-0.05, 0) is 11.6 Å². The van der Waals surface area contributed by atoms with Crippen LogP contribution in [0.1, 0.15) is 15.9 Å². The van der Waals surface area contributed by atoms with E-state index < -0.39 is 0 Å². The lowest BCUT2D eigenvalue weighted by molar-refractivity contribution is 0.0994. The van der Waals surface area contributed by atoms with E-state index in [2.05, 4.69) is 9.97 Å². The first-order chi connectivity index (χ1) is 8.84. The number of ketones is 1. The SMILES string of the molecule is O=C(Cc1ccccc1)c1c[nH]c2cnccc12. The molecule has 0 spiro atoms. The summed E-state index contributed by atoms with van der Waals surface area (Å²) in [5, 5.41) is 0.936. The molecule has 2 heterocycles. The van der Waals surface area contributed by atoms with E-state index in [1.807, 2.05) is 36.4 Å². The van der Waals surface area contributed by atoms with Crippen LogP contribution in [0.5, 0.6) is 0 Å². The third-order valence-corrected chi connectivity index (χ3v) is 2.99. The highest BCUT2D eigenvalue weighted by atomic mass is 16.1. The number of carbonyl (C=O) groups is 1. The minimum atomic E-state index is 0.124. The molecular formula is C15H12N2O. The molecule has 0 radical (unpaired) electrons. The van der Waals surface area contributed by atoms with Gasteiger partial charge in [0, 0.05) is 29.8 Å². The maximum Gasteiger partial charge on any atom is 0.169 e. The van der Waals surface area contributed by atoms with Gasteiger partial charge >= 0.3 is 0 Å². The van der Waals surface area contributed by atoms with Gasteiger partial charge in [-0.1, -0.05) is 30.3 Å². The molecule has 0 aliphatic heterocycles. The first-order valence-corrected chi connectivity index (χ1v) is 5.83. The van der Waals surface area contributed by atoms with Gasteiger partial charge in [-0.25, -0.2) is 0 Å². The van der Waals surface area contributed by atoms with E-state index in [1.54, 1.807) is 18.6 Å². The van der Waals surface area contributed by atoms with Crippen molar-refractivity contribution in [1.82, 2.24) is 9.97 Å². The number of benzene rings is 1. The van der Waals surface area contributed by atoms with Crippen LogP contribution in [0.25, 0.3) is 10.9 Å². The fraction of sp³-hybridized carbons (Fsp3) is 0.0667. The summed E-state index contributed by atoms with van der Waals surface area (Å²) >= 11 is 0. The molecule has 0 aliphatic rings. The highest BCUT2D eigenvalue weighted by molar-refractivity contribution is 6.08. The van der Waals surface area contributed by atoms with E-state index >= 15 is 0 Å². The number of nitrogens with one attached hydrogen (secondary N) is 1. The summed E-state index contributed by atoms with van der Waals surface area (Å²) in [5.74, 6) is 0.124. The number of pyridine rings is 1. The molecule has 0 saturated heterocycles. The summed E-state index contributed by atoms with van der Waals surface area (Å²) in [6.07, 6.45) is 5.62. The standard InChI is InChI=1S/C15H12N2O/c18-15(8-11-4-2-1-3-5-11)13-9-17-14-10-16-7-6-12(13)14/h1-7,9-10,17H,8H2. The molecule has 0 aliphatic carbocycles. The third kappa shape index (κ3) is 1.91. The monoisotopic (exact) mass is 236 g/mol. The highest BCUT2D eigenvalue weighted by Crippen LogP contribution is 2.18. The lowest BCUT2D eigenvalue weighted by Gasteiger charge is -1.99. The average molecular weight is 236 g/mol. The lowest BCUT2D eigenvalue weighted by Crippen LogP contribution is -2.02. The summed E-state index contributed by atoms with van der Waals surface area (Å²) in [6.45, 7) is 0. The van der Waals surface area contributed by atoms with E-state index in [1.165, 1.54) is 0 Å². The molecule has 1 N–H and O–H groups in total. The Bertz CT molecular complexity index is 686. The van der Waals surface area contributed by atoms with Crippen LogP contribution in [0.15, 0.2) is 55.0 Å². The Morgan fingerprint density at radius 2 is 2.00 bits per heavy atom. The van der Waals surface area contributed by atoms with Crippen LogP contribution in [0.3, 0.4) is 0 Å². The van der Waals surface area contributed by atoms with Crippen LogP contribution in [0.2, 0.25) is 0 Å². The number of aromatic amines is 1. The maximum atomic E-state index is 12.2. The van der Waals surface area contributed by atoms with Gasteiger partial charge in [0.05, 0.1) is 11.7 Å². The van der Waals surface area contributed by atoms with Gasteiger partial charge in [-0.15, -0.1) is 0 Å². The van der Waals surface area contributed by atoms with Crippen molar-refractivity contribution in [3.05, 3.63) is 66.1 Å². The van der Waals surface area contributed by atoms with E-state index in [4.69, 9.17) is 0 Å². The smallest absolute Gasteiger partial charge is 0.169 e. The predicted octanol–water partition coefficient (Wildman–Crippen LogP) is 2.99. The second kappa shape index (κ2) is 4.45. The summed E-state index contributed by atoms with van der Waals surface area (Å²) in [5.41, 5.74) is 2.66. The molecule has 18 heavy (non-hydrogen) atoms. The summed E-state index contributed by atoms with van der Waals surface area (Å²) in [7, 11) is 0. The highest BCUT2D eigenvalue weighted by Gasteiger charge is 2.12. The summed E-state index contributed by atoms with van der Waals surface area (Å²) in [6, 6.07) is 11.6. The van der Waals surface area contributed by atoms with Crippen LogP contribution < -0.4 is 0 Å². The normalized spacial score (nSPS) is 10.7. The number of hydrogen-bond donors (Lipinski definition) is 1. The molecule has 0 atom stereocenters. The quantitative estimate of drug-likeness (QED) is 0.710. The largest absolute Gasteiger partial charge is 0.359 e. The zero-order valence-corrected chi connectivity index (χ0v) is 9.76. The fourth-order valence-corrected chi connectivity index (χ4v) is 2.08. The molecule has 3 rings (SSSR count). The van der Waals surface area contributed by atoms with Crippen molar-refractivity contribution in [2.24, 2.45) is 0 Å².